The Balaban J connectivity index is 4.43. The van der Waals surface area contributed by atoms with E-state index in [1.807, 2.05) is 27.7 Å². The van der Waals surface area contributed by atoms with E-state index in [1.165, 1.54) is 0 Å². The minimum absolute atomic E-state index is 0.0369. The van der Waals surface area contributed by atoms with Gasteiger partial charge in [-0.2, -0.15) is 0 Å². The lowest BCUT2D eigenvalue weighted by molar-refractivity contribution is -0.133. The van der Waals surface area contributed by atoms with Crippen LogP contribution in [0.4, 0.5) is 0 Å². The van der Waals surface area contributed by atoms with E-state index in [2.05, 4.69) is 6.58 Å². The standard InChI is InChI=1S/C12H24N2O/c1-6-10(5)11(13)12(15)14(7-2)8-9(3)4/h10-11H,3,6-8,13H2,1-2,4-5H3/t10?,11-/m0/s1. The summed E-state index contributed by atoms with van der Waals surface area (Å²) in [5.74, 6) is 0.270. The molecule has 0 aromatic carbocycles. The summed E-state index contributed by atoms with van der Waals surface area (Å²) in [6, 6.07) is -0.380. The van der Waals surface area contributed by atoms with E-state index in [9.17, 15) is 4.79 Å². The number of carbonyl (C=O) groups excluding carboxylic acids is 1. The van der Waals surface area contributed by atoms with Gasteiger partial charge in [-0.3, -0.25) is 4.79 Å². The molecule has 0 spiro atoms. The van der Waals surface area contributed by atoms with Crippen molar-refractivity contribution in [2.45, 2.75) is 40.2 Å². The number of amides is 1. The third-order valence-electron chi connectivity index (χ3n) is 2.70. The molecule has 0 fully saturated rings. The minimum Gasteiger partial charge on any atom is -0.338 e. The highest BCUT2D eigenvalue weighted by molar-refractivity contribution is 5.82. The van der Waals surface area contributed by atoms with Gasteiger partial charge in [-0.1, -0.05) is 32.4 Å². The smallest absolute Gasteiger partial charge is 0.240 e. The number of hydrogen-bond donors (Lipinski definition) is 1. The molecule has 0 aromatic heterocycles. The SMILES string of the molecule is C=C(C)CN(CC)C(=O)[C@@H](N)C(C)CC. The number of nitrogens with two attached hydrogens (primary N) is 1. The first-order chi connectivity index (χ1) is 6.93. The topological polar surface area (TPSA) is 46.3 Å². The lowest BCUT2D eigenvalue weighted by Gasteiger charge is -2.27. The summed E-state index contributed by atoms with van der Waals surface area (Å²) in [4.78, 5) is 13.7. The van der Waals surface area contributed by atoms with Crippen LogP contribution >= 0.6 is 0 Å². The molecular weight excluding hydrogens is 188 g/mol. The van der Waals surface area contributed by atoms with Crippen LogP contribution in [0.2, 0.25) is 0 Å². The highest BCUT2D eigenvalue weighted by Crippen LogP contribution is 2.09. The maximum absolute atomic E-state index is 12.0. The Morgan fingerprint density at radius 3 is 2.33 bits per heavy atom. The van der Waals surface area contributed by atoms with Gasteiger partial charge in [0.25, 0.3) is 0 Å². The fourth-order valence-corrected chi connectivity index (χ4v) is 1.38. The first kappa shape index (κ1) is 14.2. The van der Waals surface area contributed by atoms with Gasteiger partial charge in [0, 0.05) is 13.1 Å². The van der Waals surface area contributed by atoms with Crippen LogP contribution in [0.3, 0.4) is 0 Å². The molecule has 0 heterocycles. The zero-order valence-corrected chi connectivity index (χ0v) is 10.4. The van der Waals surface area contributed by atoms with Crippen molar-refractivity contribution in [3.63, 3.8) is 0 Å². The largest absolute Gasteiger partial charge is 0.338 e. The van der Waals surface area contributed by atoms with Gasteiger partial charge >= 0.3 is 0 Å². The Hall–Kier alpha value is -0.830. The molecule has 2 atom stereocenters. The molecule has 0 saturated carbocycles. The van der Waals surface area contributed by atoms with Gasteiger partial charge in [0.1, 0.15) is 0 Å². The van der Waals surface area contributed by atoms with Crippen molar-refractivity contribution in [2.24, 2.45) is 11.7 Å². The molecule has 0 rings (SSSR count). The van der Waals surface area contributed by atoms with Crippen LogP contribution in [0, 0.1) is 5.92 Å². The zero-order chi connectivity index (χ0) is 12.0. The monoisotopic (exact) mass is 212 g/mol. The molecule has 15 heavy (non-hydrogen) atoms. The van der Waals surface area contributed by atoms with Gasteiger partial charge in [-0.25, -0.2) is 0 Å². The van der Waals surface area contributed by atoms with Gasteiger partial charge in [0.15, 0.2) is 0 Å². The predicted octanol–water partition coefficient (Wildman–Crippen LogP) is 1.78. The van der Waals surface area contributed by atoms with E-state index in [4.69, 9.17) is 5.73 Å². The van der Waals surface area contributed by atoms with E-state index < -0.39 is 0 Å². The highest BCUT2D eigenvalue weighted by Gasteiger charge is 2.23. The van der Waals surface area contributed by atoms with Crippen molar-refractivity contribution >= 4 is 5.91 Å². The van der Waals surface area contributed by atoms with Crippen LogP contribution in [0.25, 0.3) is 0 Å². The molecule has 0 radical (unpaired) electrons. The van der Waals surface area contributed by atoms with Crippen molar-refractivity contribution in [1.82, 2.24) is 4.90 Å². The van der Waals surface area contributed by atoms with Gasteiger partial charge in [0.05, 0.1) is 6.04 Å². The van der Waals surface area contributed by atoms with Crippen LogP contribution in [0.5, 0.6) is 0 Å². The van der Waals surface area contributed by atoms with Gasteiger partial charge in [-0.15, -0.1) is 0 Å². The summed E-state index contributed by atoms with van der Waals surface area (Å²) in [5.41, 5.74) is 6.89. The third-order valence-corrected chi connectivity index (χ3v) is 2.70. The lowest BCUT2D eigenvalue weighted by atomic mass is 9.99. The van der Waals surface area contributed by atoms with E-state index in [0.29, 0.717) is 13.1 Å². The second kappa shape index (κ2) is 6.62. The van der Waals surface area contributed by atoms with Crippen molar-refractivity contribution in [2.75, 3.05) is 13.1 Å². The zero-order valence-electron chi connectivity index (χ0n) is 10.4. The van der Waals surface area contributed by atoms with Crippen molar-refractivity contribution < 1.29 is 4.79 Å². The Morgan fingerprint density at radius 2 is 2.00 bits per heavy atom. The first-order valence-electron chi connectivity index (χ1n) is 5.62. The second-order valence-corrected chi connectivity index (χ2v) is 4.22. The van der Waals surface area contributed by atoms with Crippen LogP contribution in [0.15, 0.2) is 12.2 Å². The fourth-order valence-electron chi connectivity index (χ4n) is 1.38. The number of nitrogens with zero attached hydrogens (tertiary/aromatic N) is 1. The van der Waals surface area contributed by atoms with Crippen LogP contribution in [-0.2, 0) is 4.79 Å². The third kappa shape index (κ3) is 4.47. The van der Waals surface area contributed by atoms with E-state index in [1.54, 1.807) is 4.90 Å². The van der Waals surface area contributed by atoms with Crippen molar-refractivity contribution in [3.8, 4) is 0 Å². The molecule has 0 aromatic rings. The second-order valence-electron chi connectivity index (χ2n) is 4.22. The summed E-state index contributed by atoms with van der Waals surface area (Å²) in [7, 11) is 0. The molecule has 0 bridgehead atoms. The Morgan fingerprint density at radius 1 is 1.47 bits per heavy atom. The molecule has 0 aliphatic carbocycles. The Kier molecular flexibility index (Phi) is 6.25. The molecule has 2 N–H and O–H groups in total. The van der Waals surface area contributed by atoms with E-state index in [-0.39, 0.29) is 17.9 Å². The minimum atomic E-state index is -0.380. The number of hydrogen-bond acceptors (Lipinski definition) is 2. The van der Waals surface area contributed by atoms with Crippen LogP contribution in [-0.4, -0.2) is 29.9 Å². The summed E-state index contributed by atoms with van der Waals surface area (Å²) in [6.45, 7) is 13.1. The van der Waals surface area contributed by atoms with Gasteiger partial charge < -0.3 is 10.6 Å². The summed E-state index contributed by atoms with van der Waals surface area (Å²) in [5, 5.41) is 0. The maximum atomic E-state index is 12.0. The molecule has 88 valence electrons. The molecule has 3 nitrogen and oxygen atoms in total. The Bertz CT molecular complexity index is 226. The van der Waals surface area contributed by atoms with Crippen LogP contribution < -0.4 is 5.73 Å². The molecule has 1 unspecified atom stereocenters. The number of carbonyl (C=O) groups is 1. The summed E-state index contributed by atoms with van der Waals surface area (Å²) < 4.78 is 0. The highest BCUT2D eigenvalue weighted by atomic mass is 16.2. The normalized spacial score (nSPS) is 14.5. The van der Waals surface area contributed by atoms with Crippen molar-refractivity contribution in [1.29, 1.82) is 0 Å². The van der Waals surface area contributed by atoms with E-state index >= 15 is 0 Å². The van der Waals surface area contributed by atoms with Crippen molar-refractivity contribution in [3.05, 3.63) is 12.2 Å². The molecule has 1 amide bonds. The van der Waals surface area contributed by atoms with Crippen LogP contribution in [0.1, 0.15) is 34.1 Å². The lowest BCUT2D eigenvalue weighted by Crippen LogP contribution is -2.47. The average Bonchev–Trinajstić information content (AvgIpc) is 2.22. The average molecular weight is 212 g/mol. The van der Waals surface area contributed by atoms with Gasteiger partial charge in [-0.05, 0) is 19.8 Å². The quantitative estimate of drug-likeness (QED) is 0.682. The van der Waals surface area contributed by atoms with E-state index in [0.717, 1.165) is 12.0 Å². The molecule has 3 heteroatoms. The molecular formula is C12H24N2O. The first-order valence-corrected chi connectivity index (χ1v) is 5.62. The molecule has 0 saturated heterocycles. The number of rotatable bonds is 6. The summed E-state index contributed by atoms with van der Waals surface area (Å²) >= 11 is 0. The molecule has 0 aliphatic rings. The summed E-state index contributed by atoms with van der Waals surface area (Å²) in [6.07, 6.45) is 0.928. The maximum Gasteiger partial charge on any atom is 0.240 e. The van der Waals surface area contributed by atoms with Gasteiger partial charge in [0.2, 0.25) is 5.91 Å². The number of likely N-dealkylation sites (N-methyl/N-ethyl adjacent to an activating group) is 1. The fraction of sp³-hybridized carbons (Fsp3) is 0.750. The Labute approximate surface area is 93.3 Å². The predicted molar refractivity (Wildman–Crippen MR) is 64.5 cm³/mol. The molecule has 0 aliphatic heterocycles.